The molecule has 1 aromatic carbocycles. The van der Waals surface area contributed by atoms with Crippen molar-refractivity contribution in [3.63, 3.8) is 0 Å². The Hall–Kier alpha value is -1.46. The van der Waals surface area contributed by atoms with E-state index in [2.05, 4.69) is 15.0 Å². The van der Waals surface area contributed by atoms with Crippen molar-refractivity contribution in [2.75, 3.05) is 17.3 Å². The summed E-state index contributed by atoms with van der Waals surface area (Å²) in [5, 5.41) is 0.109. The van der Waals surface area contributed by atoms with Crippen molar-refractivity contribution in [1.82, 2.24) is 15.0 Å². The molecule has 0 saturated heterocycles. The summed E-state index contributed by atoms with van der Waals surface area (Å²) in [6.45, 7) is 2.67. The number of aryl methyl sites for hydroxylation is 1. The van der Waals surface area contributed by atoms with Crippen molar-refractivity contribution in [1.29, 1.82) is 0 Å². The smallest absolute Gasteiger partial charge is 0.234 e. The molecule has 0 N–H and O–H groups in total. The van der Waals surface area contributed by atoms with Gasteiger partial charge in [-0.1, -0.05) is 13.0 Å². The standard InChI is InChI=1S/C14H15Cl2FN4/c1-2-8-21(11-5-3-4-10(17)9-11)14-19-12(6-7-15)18-13(16)20-14/h3-5,9H,2,6-8H2,1H3. The van der Waals surface area contributed by atoms with Crippen molar-refractivity contribution in [3.8, 4) is 0 Å². The summed E-state index contributed by atoms with van der Waals surface area (Å²) in [5.74, 6) is 1.02. The lowest BCUT2D eigenvalue weighted by Gasteiger charge is -2.22. The number of alkyl halides is 1. The van der Waals surface area contributed by atoms with E-state index < -0.39 is 0 Å². The second-order valence-corrected chi connectivity index (χ2v) is 5.11. The molecule has 112 valence electrons. The summed E-state index contributed by atoms with van der Waals surface area (Å²) in [4.78, 5) is 14.4. The van der Waals surface area contributed by atoms with Crippen LogP contribution in [0.5, 0.6) is 0 Å². The van der Waals surface area contributed by atoms with E-state index in [1.165, 1.54) is 12.1 Å². The quantitative estimate of drug-likeness (QED) is 0.752. The lowest BCUT2D eigenvalue weighted by atomic mass is 10.2. The van der Waals surface area contributed by atoms with Gasteiger partial charge in [0.05, 0.1) is 0 Å². The first-order chi connectivity index (χ1) is 10.1. The minimum Gasteiger partial charge on any atom is -0.310 e. The van der Waals surface area contributed by atoms with Gasteiger partial charge < -0.3 is 4.90 Å². The van der Waals surface area contributed by atoms with Crippen molar-refractivity contribution in [3.05, 3.63) is 41.2 Å². The molecule has 7 heteroatoms. The predicted octanol–water partition coefficient (Wildman–Crippen LogP) is 3.99. The molecular formula is C14H15Cl2FN4. The number of anilines is 2. The van der Waals surface area contributed by atoms with Crippen LogP contribution in [-0.2, 0) is 6.42 Å². The third-order valence-electron chi connectivity index (χ3n) is 2.77. The van der Waals surface area contributed by atoms with Crippen LogP contribution in [0, 0.1) is 5.82 Å². The summed E-state index contributed by atoms with van der Waals surface area (Å²) in [7, 11) is 0. The maximum Gasteiger partial charge on any atom is 0.234 e. The lowest BCUT2D eigenvalue weighted by molar-refractivity contribution is 0.627. The maximum absolute atomic E-state index is 13.4. The van der Waals surface area contributed by atoms with Crippen molar-refractivity contribution in [2.24, 2.45) is 0 Å². The van der Waals surface area contributed by atoms with Gasteiger partial charge in [-0.3, -0.25) is 0 Å². The van der Waals surface area contributed by atoms with E-state index in [1.807, 2.05) is 11.8 Å². The second kappa shape index (κ2) is 7.52. The van der Waals surface area contributed by atoms with Crippen LogP contribution in [0.4, 0.5) is 16.0 Å². The zero-order valence-electron chi connectivity index (χ0n) is 11.6. The Morgan fingerprint density at radius 3 is 2.71 bits per heavy atom. The molecule has 0 aliphatic carbocycles. The van der Waals surface area contributed by atoms with Crippen LogP contribution in [0.1, 0.15) is 19.2 Å². The van der Waals surface area contributed by atoms with Crippen LogP contribution in [0.3, 0.4) is 0 Å². The van der Waals surface area contributed by atoms with Crippen molar-refractivity contribution < 1.29 is 4.39 Å². The second-order valence-electron chi connectivity index (χ2n) is 4.39. The molecule has 4 nitrogen and oxygen atoms in total. The van der Waals surface area contributed by atoms with Gasteiger partial charge >= 0.3 is 0 Å². The highest BCUT2D eigenvalue weighted by molar-refractivity contribution is 6.28. The number of hydrogen-bond donors (Lipinski definition) is 0. The fraction of sp³-hybridized carbons (Fsp3) is 0.357. The molecule has 0 fully saturated rings. The van der Waals surface area contributed by atoms with E-state index in [0.717, 1.165) is 6.42 Å². The molecule has 0 radical (unpaired) electrons. The Bertz CT molecular complexity index is 609. The number of rotatable bonds is 6. The van der Waals surface area contributed by atoms with Crippen LogP contribution < -0.4 is 4.90 Å². The number of aromatic nitrogens is 3. The van der Waals surface area contributed by atoms with Crippen molar-refractivity contribution >= 4 is 34.8 Å². The fourth-order valence-electron chi connectivity index (χ4n) is 1.91. The van der Waals surface area contributed by atoms with Crippen molar-refractivity contribution in [2.45, 2.75) is 19.8 Å². The van der Waals surface area contributed by atoms with Gasteiger partial charge in [0.25, 0.3) is 0 Å². The van der Waals surface area contributed by atoms with Crippen LogP contribution in [0.15, 0.2) is 24.3 Å². The first kappa shape index (κ1) is 15.9. The van der Waals surface area contributed by atoms with Gasteiger partial charge in [-0.2, -0.15) is 9.97 Å². The lowest BCUT2D eigenvalue weighted by Crippen LogP contribution is -2.21. The van der Waals surface area contributed by atoms with E-state index in [1.54, 1.807) is 12.1 Å². The summed E-state index contributed by atoms with van der Waals surface area (Å²) in [6, 6.07) is 6.29. The molecular weight excluding hydrogens is 314 g/mol. The van der Waals surface area contributed by atoms with Gasteiger partial charge in [-0.05, 0) is 36.2 Å². The molecule has 21 heavy (non-hydrogen) atoms. The molecule has 0 aliphatic rings. The minimum atomic E-state index is -0.310. The highest BCUT2D eigenvalue weighted by Crippen LogP contribution is 2.24. The summed E-state index contributed by atoms with van der Waals surface area (Å²) < 4.78 is 13.4. The van der Waals surface area contributed by atoms with E-state index in [-0.39, 0.29) is 11.1 Å². The predicted molar refractivity (Wildman–Crippen MR) is 83.0 cm³/mol. The zero-order valence-corrected chi connectivity index (χ0v) is 13.1. The first-order valence-electron chi connectivity index (χ1n) is 6.63. The zero-order chi connectivity index (χ0) is 15.2. The molecule has 2 rings (SSSR count). The average Bonchev–Trinajstić information content (AvgIpc) is 2.44. The van der Waals surface area contributed by atoms with Gasteiger partial charge in [0.1, 0.15) is 11.6 Å². The molecule has 0 bridgehead atoms. The van der Waals surface area contributed by atoms with E-state index >= 15 is 0 Å². The molecule has 0 unspecified atom stereocenters. The number of halogens is 3. The molecule has 2 aromatic rings. The Morgan fingerprint density at radius 1 is 1.24 bits per heavy atom. The summed E-state index contributed by atoms with van der Waals surface area (Å²) >= 11 is 11.7. The Kier molecular flexibility index (Phi) is 5.70. The maximum atomic E-state index is 13.4. The fourth-order valence-corrected chi connectivity index (χ4v) is 2.25. The Balaban J connectivity index is 2.42. The molecule has 0 atom stereocenters. The van der Waals surface area contributed by atoms with Crippen LogP contribution >= 0.6 is 23.2 Å². The summed E-state index contributed by atoms with van der Waals surface area (Å²) in [6.07, 6.45) is 1.35. The Labute approximate surface area is 133 Å². The summed E-state index contributed by atoms with van der Waals surface area (Å²) in [5.41, 5.74) is 0.677. The van der Waals surface area contributed by atoms with Gasteiger partial charge in [0, 0.05) is 24.5 Å². The van der Waals surface area contributed by atoms with Crippen LogP contribution in [-0.4, -0.2) is 27.4 Å². The van der Waals surface area contributed by atoms with E-state index in [4.69, 9.17) is 23.2 Å². The topological polar surface area (TPSA) is 41.9 Å². The van der Waals surface area contributed by atoms with Crippen LogP contribution in [0.25, 0.3) is 0 Å². The van der Waals surface area contributed by atoms with Gasteiger partial charge in [0.2, 0.25) is 11.2 Å². The largest absolute Gasteiger partial charge is 0.310 e. The van der Waals surface area contributed by atoms with Crippen LogP contribution in [0.2, 0.25) is 5.28 Å². The number of hydrogen-bond acceptors (Lipinski definition) is 4. The number of nitrogens with zero attached hydrogens (tertiary/aromatic N) is 4. The third-order valence-corrected chi connectivity index (χ3v) is 3.13. The SMILES string of the molecule is CCCN(c1cccc(F)c1)c1nc(Cl)nc(CCCl)n1. The molecule has 1 heterocycles. The van der Waals surface area contributed by atoms with E-state index in [0.29, 0.717) is 36.3 Å². The highest BCUT2D eigenvalue weighted by atomic mass is 35.5. The third kappa shape index (κ3) is 4.25. The molecule has 0 saturated carbocycles. The van der Waals surface area contributed by atoms with Gasteiger partial charge in [0.15, 0.2) is 0 Å². The average molecular weight is 329 g/mol. The molecule has 0 aliphatic heterocycles. The number of benzene rings is 1. The first-order valence-corrected chi connectivity index (χ1v) is 7.54. The monoisotopic (exact) mass is 328 g/mol. The normalized spacial score (nSPS) is 10.7. The van der Waals surface area contributed by atoms with Gasteiger partial charge in [-0.25, -0.2) is 9.37 Å². The van der Waals surface area contributed by atoms with Gasteiger partial charge in [-0.15, -0.1) is 11.6 Å². The molecule has 1 aromatic heterocycles. The molecule has 0 amide bonds. The highest BCUT2D eigenvalue weighted by Gasteiger charge is 2.15. The molecule has 0 spiro atoms. The van der Waals surface area contributed by atoms with E-state index in [9.17, 15) is 4.39 Å². The Morgan fingerprint density at radius 2 is 2.05 bits per heavy atom. The minimum absolute atomic E-state index is 0.109.